The van der Waals surface area contributed by atoms with Gasteiger partial charge >= 0.3 is 0 Å². The van der Waals surface area contributed by atoms with E-state index in [-0.39, 0.29) is 11.4 Å². The fraction of sp³-hybridized carbons (Fsp3) is 0.364. The van der Waals surface area contributed by atoms with E-state index in [4.69, 9.17) is 0 Å². The standard InChI is InChI=1S/C22H26N2O3S/c1-14(2)15-7-9-16(10-8-15)19-18(20(25)17-6-5-13-28-17)21(26)22(27)24(19)12-11-23(3)4/h5-10,13-14,19,26H,11-12H2,1-4H3/p+1/t19-/m1/s1. The van der Waals surface area contributed by atoms with Gasteiger partial charge in [-0.25, -0.2) is 0 Å². The molecule has 1 amide bonds. The number of benzene rings is 1. The quantitative estimate of drug-likeness (QED) is 0.704. The molecular weight excluding hydrogens is 372 g/mol. The lowest BCUT2D eigenvalue weighted by Crippen LogP contribution is -3.06. The first kappa shape index (κ1) is 20.3. The second-order valence-electron chi connectivity index (χ2n) is 7.75. The molecule has 1 aromatic carbocycles. The highest BCUT2D eigenvalue weighted by molar-refractivity contribution is 7.12. The third-order valence-corrected chi connectivity index (χ3v) is 5.93. The van der Waals surface area contributed by atoms with Gasteiger partial charge in [-0.15, -0.1) is 11.3 Å². The van der Waals surface area contributed by atoms with Crippen LogP contribution in [-0.2, 0) is 4.79 Å². The highest BCUT2D eigenvalue weighted by Gasteiger charge is 2.44. The monoisotopic (exact) mass is 399 g/mol. The van der Waals surface area contributed by atoms with Gasteiger partial charge in [-0.1, -0.05) is 44.2 Å². The van der Waals surface area contributed by atoms with Crippen LogP contribution in [-0.4, -0.2) is 48.9 Å². The molecule has 1 aromatic heterocycles. The number of thiophene rings is 1. The molecule has 6 heteroatoms. The van der Waals surface area contributed by atoms with E-state index in [0.29, 0.717) is 17.3 Å². The molecule has 0 radical (unpaired) electrons. The Morgan fingerprint density at radius 1 is 1.21 bits per heavy atom. The third kappa shape index (κ3) is 3.88. The van der Waals surface area contributed by atoms with Crippen molar-refractivity contribution < 1.29 is 19.6 Å². The van der Waals surface area contributed by atoms with Gasteiger partial charge in [0.2, 0.25) is 5.78 Å². The fourth-order valence-electron chi connectivity index (χ4n) is 3.41. The number of hydrogen-bond donors (Lipinski definition) is 2. The van der Waals surface area contributed by atoms with E-state index in [0.717, 1.165) is 12.1 Å². The number of quaternary nitrogens is 1. The summed E-state index contributed by atoms with van der Waals surface area (Å²) in [6, 6.07) is 10.9. The van der Waals surface area contributed by atoms with Gasteiger partial charge in [-0.2, -0.15) is 0 Å². The number of aliphatic hydroxyl groups is 1. The third-order valence-electron chi connectivity index (χ3n) is 5.06. The SMILES string of the molecule is CC(C)c1ccc([C@@H]2C(C(=O)c3cccs3)=C(O)C(=O)N2CC[NH+](C)C)cc1. The molecule has 3 rings (SSSR count). The van der Waals surface area contributed by atoms with E-state index in [1.807, 2.05) is 43.7 Å². The molecule has 0 bridgehead atoms. The van der Waals surface area contributed by atoms with Gasteiger partial charge in [-0.3, -0.25) is 9.59 Å². The molecule has 2 N–H and O–H groups in total. The Kier molecular flexibility index (Phi) is 6.01. The Balaban J connectivity index is 2.04. The van der Waals surface area contributed by atoms with Crippen LogP contribution in [0.4, 0.5) is 0 Å². The normalized spacial score (nSPS) is 17.3. The topological polar surface area (TPSA) is 62.0 Å². The van der Waals surface area contributed by atoms with Gasteiger partial charge in [0.15, 0.2) is 5.76 Å². The lowest BCUT2D eigenvalue weighted by molar-refractivity contribution is -0.857. The molecule has 1 atom stereocenters. The van der Waals surface area contributed by atoms with Crippen molar-refractivity contribution >= 4 is 23.0 Å². The predicted molar refractivity (Wildman–Crippen MR) is 111 cm³/mol. The number of hydrogen-bond acceptors (Lipinski definition) is 4. The van der Waals surface area contributed by atoms with Crippen molar-refractivity contribution in [2.45, 2.75) is 25.8 Å². The zero-order chi connectivity index (χ0) is 20.4. The van der Waals surface area contributed by atoms with Gasteiger partial charge in [0, 0.05) is 0 Å². The number of carbonyl (C=O) groups is 2. The molecule has 0 fully saturated rings. The Morgan fingerprint density at radius 3 is 2.43 bits per heavy atom. The Morgan fingerprint density at radius 2 is 1.89 bits per heavy atom. The summed E-state index contributed by atoms with van der Waals surface area (Å²) in [5, 5.41) is 12.4. The lowest BCUT2D eigenvalue weighted by atomic mass is 9.93. The molecule has 2 aromatic rings. The molecule has 0 saturated heterocycles. The lowest BCUT2D eigenvalue weighted by Gasteiger charge is -2.27. The molecule has 148 valence electrons. The maximum absolute atomic E-state index is 13.1. The average Bonchev–Trinajstić information content (AvgIpc) is 3.28. The summed E-state index contributed by atoms with van der Waals surface area (Å²) in [4.78, 5) is 29.3. The number of Topliss-reactive ketones (excluding diaryl/α,β-unsaturated/α-hetero) is 1. The summed E-state index contributed by atoms with van der Waals surface area (Å²) >= 11 is 1.32. The number of nitrogens with one attached hydrogen (secondary N) is 1. The van der Waals surface area contributed by atoms with Gasteiger partial charge in [0.25, 0.3) is 5.91 Å². The summed E-state index contributed by atoms with van der Waals surface area (Å²) < 4.78 is 0. The molecule has 0 aliphatic carbocycles. The predicted octanol–water partition coefficient (Wildman–Crippen LogP) is 2.59. The average molecular weight is 400 g/mol. The van der Waals surface area contributed by atoms with E-state index < -0.39 is 17.7 Å². The molecule has 2 heterocycles. The number of nitrogens with zero attached hydrogens (tertiary/aromatic N) is 1. The second-order valence-corrected chi connectivity index (χ2v) is 8.70. The van der Waals surface area contributed by atoms with Crippen LogP contribution in [0.15, 0.2) is 53.1 Å². The summed E-state index contributed by atoms with van der Waals surface area (Å²) in [5.41, 5.74) is 2.21. The minimum Gasteiger partial charge on any atom is -0.503 e. The van der Waals surface area contributed by atoms with Crippen molar-refractivity contribution in [3.05, 3.63) is 69.1 Å². The van der Waals surface area contributed by atoms with Crippen LogP contribution in [0.2, 0.25) is 0 Å². The van der Waals surface area contributed by atoms with E-state index in [1.54, 1.807) is 17.0 Å². The van der Waals surface area contributed by atoms with Crippen LogP contribution in [0.1, 0.15) is 46.6 Å². The van der Waals surface area contributed by atoms with Crippen LogP contribution in [0, 0.1) is 0 Å². The number of aliphatic hydroxyl groups excluding tert-OH is 1. The molecule has 28 heavy (non-hydrogen) atoms. The Labute approximate surface area is 169 Å². The number of ketones is 1. The molecular formula is C22H27N2O3S+. The van der Waals surface area contributed by atoms with Crippen molar-refractivity contribution in [2.24, 2.45) is 0 Å². The fourth-order valence-corrected chi connectivity index (χ4v) is 4.09. The maximum atomic E-state index is 13.1. The summed E-state index contributed by atoms with van der Waals surface area (Å²) in [5.74, 6) is -0.786. The number of amides is 1. The van der Waals surface area contributed by atoms with Crippen LogP contribution in [0.25, 0.3) is 0 Å². The number of likely N-dealkylation sites (N-methyl/N-ethyl adjacent to an activating group) is 1. The first-order valence-electron chi connectivity index (χ1n) is 9.52. The zero-order valence-electron chi connectivity index (χ0n) is 16.7. The minimum absolute atomic E-state index is 0.179. The smallest absolute Gasteiger partial charge is 0.290 e. The molecule has 1 aliphatic heterocycles. The second kappa shape index (κ2) is 8.29. The van der Waals surface area contributed by atoms with Crippen molar-refractivity contribution in [1.29, 1.82) is 0 Å². The Bertz CT molecular complexity index is 883. The van der Waals surface area contributed by atoms with Crippen molar-refractivity contribution in [2.75, 3.05) is 27.2 Å². The summed E-state index contributed by atoms with van der Waals surface area (Å²) in [6.07, 6.45) is 0. The van der Waals surface area contributed by atoms with E-state index >= 15 is 0 Å². The van der Waals surface area contributed by atoms with Crippen molar-refractivity contribution in [1.82, 2.24) is 4.90 Å². The van der Waals surface area contributed by atoms with Crippen LogP contribution >= 0.6 is 11.3 Å². The van der Waals surface area contributed by atoms with Crippen molar-refractivity contribution in [3.63, 3.8) is 0 Å². The van der Waals surface area contributed by atoms with Crippen molar-refractivity contribution in [3.8, 4) is 0 Å². The number of carbonyl (C=O) groups excluding carboxylic acids is 2. The van der Waals surface area contributed by atoms with Gasteiger partial charge in [-0.05, 0) is 28.5 Å². The van der Waals surface area contributed by atoms with E-state index in [2.05, 4.69) is 13.8 Å². The molecule has 1 aliphatic rings. The summed E-state index contributed by atoms with van der Waals surface area (Å²) in [6.45, 7) is 5.43. The molecule has 0 spiro atoms. The van der Waals surface area contributed by atoms with Crippen LogP contribution in [0.5, 0.6) is 0 Å². The first-order valence-corrected chi connectivity index (χ1v) is 10.4. The van der Waals surface area contributed by atoms with Gasteiger partial charge < -0.3 is 14.9 Å². The van der Waals surface area contributed by atoms with E-state index in [9.17, 15) is 14.7 Å². The maximum Gasteiger partial charge on any atom is 0.290 e. The first-order chi connectivity index (χ1) is 13.3. The van der Waals surface area contributed by atoms with Gasteiger partial charge in [0.1, 0.15) is 0 Å². The number of rotatable bonds is 7. The van der Waals surface area contributed by atoms with Crippen LogP contribution in [0.3, 0.4) is 0 Å². The largest absolute Gasteiger partial charge is 0.503 e. The van der Waals surface area contributed by atoms with E-state index in [1.165, 1.54) is 21.8 Å². The highest BCUT2D eigenvalue weighted by Crippen LogP contribution is 2.39. The zero-order valence-corrected chi connectivity index (χ0v) is 17.5. The highest BCUT2D eigenvalue weighted by atomic mass is 32.1. The van der Waals surface area contributed by atoms with Gasteiger partial charge in [0.05, 0.1) is 43.7 Å². The minimum atomic E-state index is -0.567. The summed E-state index contributed by atoms with van der Waals surface area (Å²) in [7, 11) is 4.02. The van der Waals surface area contributed by atoms with Crippen LogP contribution < -0.4 is 4.90 Å². The molecule has 5 nitrogen and oxygen atoms in total. The molecule has 0 saturated carbocycles. The Hall–Kier alpha value is -2.44. The molecule has 0 unspecified atom stereocenters.